The second-order valence-electron chi connectivity index (χ2n) is 4.66. The summed E-state index contributed by atoms with van der Waals surface area (Å²) in [5.74, 6) is -0.401. The summed E-state index contributed by atoms with van der Waals surface area (Å²) in [5.41, 5.74) is 3.98. The molecule has 0 aliphatic rings. The van der Waals surface area contributed by atoms with Crippen molar-refractivity contribution in [3.63, 3.8) is 0 Å². The number of aromatic nitrogens is 3. The van der Waals surface area contributed by atoms with Crippen molar-refractivity contribution in [2.75, 3.05) is 6.61 Å². The van der Waals surface area contributed by atoms with Gasteiger partial charge in [0.05, 0.1) is 18.5 Å². The van der Waals surface area contributed by atoms with Gasteiger partial charge in [-0.05, 0) is 25.5 Å². The molecule has 0 unspecified atom stereocenters. The van der Waals surface area contributed by atoms with Crippen molar-refractivity contribution < 1.29 is 9.53 Å². The van der Waals surface area contributed by atoms with Crippen LogP contribution in [-0.4, -0.2) is 27.2 Å². The lowest BCUT2D eigenvalue weighted by molar-refractivity contribution is 0.0528. The Bertz CT molecular complexity index is 808. The lowest BCUT2D eigenvalue weighted by atomic mass is 10.1. The Morgan fingerprint density at radius 3 is 2.86 bits per heavy atom. The Labute approximate surface area is 122 Å². The molecule has 0 aliphatic heterocycles. The Kier molecular flexibility index (Phi) is 3.39. The summed E-state index contributed by atoms with van der Waals surface area (Å²) >= 11 is 0. The predicted molar refractivity (Wildman–Crippen MR) is 79.1 cm³/mol. The molecule has 0 aliphatic carbocycles. The third-order valence-corrected chi connectivity index (χ3v) is 3.32. The van der Waals surface area contributed by atoms with E-state index in [1.54, 1.807) is 17.6 Å². The van der Waals surface area contributed by atoms with Gasteiger partial charge in [-0.25, -0.2) is 14.3 Å². The molecule has 0 amide bonds. The van der Waals surface area contributed by atoms with E-state index in [2.05, 4.69) is 10.1 Å². The highest BCUT2D eigenvalue weighted by atomic mass is 16.5. The zero-order chi connectivity index (χ0) is 14.8. The molecule has 0 saturated heterocycles. The van der Waals surface area contributed by atoms with Crippen LogP contribution in [0.1, 0.15) is 22.8 Å². The lowest BCUT2D eigenvalue weighted by Gasteiger charge is -2.07. The lowest BCUT2D eigenvalue weighted by Crippen LogP contribution is -2.05. The van der Waals surface area contributed by atoms with Gasteiger partial charge in [-0.2, -0.15) is 5.10 Å². The van der Waals surface area contributed by atoms with E-state index >= 15 is 0 Å². The number of hydrogen-bond donors (Lipinski definition) is 0. The minimum absolute atomic E-state index is 0.327. The molecular weight excluding hydrogens is 266 g/mol. The van der Waals surface area contributed by atoms with E-state index < -0.39 is 5.97 Å². The van der Waals surface area contributed by atoms with Gasteiger partial charge >= 0.3 is 5.97 Å². The van der Waals surface area contributed by atoms with Crippen molar-refractivity contribution in [1.82, 2.24) is 14.6 Å². The maximum absolute atomic E-state index is 11.9. The van der Waals surface area contributed by atoms with Crippen molar-refractivity contribution in [3.8, 4) is 11.3 Å². The van der Waals surface area contributed by atoms with Gasteiger partial charge in [0.25, 0.3) is 0 Å². The van der Waals surface area contributed by atoms with Crippen LogP contribution in [0.2, 0.25) is 0 Å². The predicted octanol–water partition coefficient (Wildman–Crippen LogP) is 2.88. The van der Waals surface area contributed by atoms with E-state index in [9.17, 15) is 4.79 Å². The molecule has 2 aromatic heterocycles. The van der Waals surface area contributed by atoms with Crippen LogP contribution in [0.15, 0.2) is 42.7 Å². The molecule has 0 saturated carbocycles. The first-order valence-corrected chi connectivity index (χ1v) is 6.78. The fraction of sp³-hybridized carbons (Fsp3) is 0.188. The van der Waals surface area contributed by atoms with Crippen LogP contribution in [0.3, 0.4) is 0 Å². The van der Waals surface area contributed by atoms with Crippen molar-refractivity contribution in [2.45, 2.75) is 13.8 Å². The van der Waals surface area contributed by atoms with Crippen LogP contribution in [0, 0.1) is 6.92 Å². The molecule has 3 aromatic rings. The van der Waals surface area contributed by atoms with E-state index in [-0.39, 0.29) is 0 Å². The fourth-order valence-corrected chi connectivity index (χ4v) is 2.31. The quantitative estimate of drug-likeness (QED) is 0.693. The number of fused-ring (bicyclic) bond motifs is 1. The van der Waals surface area contributed by atoms with Crippen LogP contribution in [0.5, 0.6) is 0 Å². The topological polar surface area (TPSA) is 56.5 Å². The second kappa shape index (κ2) is 5.36. The van der Waals surface area contributed by atoms with E-state index in [4.69, 9.17) is 4.74 Å². The molecule has 0 fully saturated rings. The smallest absolute Gasteiger partial charge is 0.343 e. The molecule has 0 N–H and O–H groups in total. The number of nitrogens with zero attached hydrogens (tertiary/aromatic N) is 3. The van der Waals surface area contributed by atoms with Crippen molar-refractivity contribution in [3.05, 3.63) is 53.9 Å². The molecule has 5 heteroatoms. The SMILES string of the molecule is CCOC(=O)c1cnn2c(-c3ccccc3C)ccnc12. The number of rotatable bonds is 3. The Balaban J connectivity index is 2.19. The van der Waals surface area contributed by atoms with Crippen LogP contribution in [0.25, 0.3) is 16.9 Å². The van der Waals surface area contributed by atoms with Crippen LogP contribution < -0.4 is 0 Å². The van der Waals surface area contributed by atoms with E-state index in [0.29, 0.717) is 17.8 Å². The Morgan fingerprint density at radius 2 is 2.10 bits per heavy atom. The number of carbonyl (C=O) groups excluding carboxylic acids is 1. The standard InChI is InChI=1S/C16H15N3O2/c1-3-21-16(20)13-10-18-19-14(8-9-17-15(13)19)12-7-5-4-6-11(12)2/h4-10H,3H2,1-2H3. The monoisotopic (exact) mass is 281 g/mol. The van der Waals surface area contributed by atoms with Crippen LogP contribution in [-0.2, 0) is 4.74 Å². The van der Waals surface area contributed by atoms with Crippen molar-refractivity contribution >= 4 is 11.6 Å². The largest absolute Gasteiger partial charge is 0.462 e. The Hall–Kier alpha value is -2.69. The molecule has 1 aromatic carbocycles. The van der Waals surface area contributed by atoms with Gasteiger partial charge in [0.2, 0.25) is 0 Å². The first-order valence-electron chi connectivity index (χ1n) is 6.78. The summed E-state index contributed by atoms with van der Waals surface area (Å²) in [6.45, 7) is 4.14. The average Bonchev–Trinajstić information content (AvgIpc) is 2.92. The van der Waals surface area contributed by atoms with Gasteiger partial charge in [0.1, 0.15) is 5.56 Å². The number of hydrogen-bond acceptors (Lipinski definition) is 4. The van der Waals surface area contributed by atoms with Gasteiger partial charge in [-0.3, -0.25) is 0 Å². The molecule has 2 heterocycles. The van der Waals surface area contributed by atoms with Gasteiger partial charge < -0.3 is 4.74 Å². The van der Waals surface area contributed by atoms with E-state index in [1.807, 2.05) is 37.3 Å². The summed E-state index contributed by atoms with van der Waals surface area (Å²) in [4.78, 5) is 16.2. The second-order valence-corrected chi connectivity index (χ2v) is 4.66. The summed E-state index contributed by atoms with van der Waals surface area (Å²) in [5, 5.41) is 4.29. The third kappa shape index (κ3) is 2.27. The number of ether oxygens (including phenoxy) is 1. The Morgan fingerprint density at radius 1 is 1.29 bits per heavy atom. The van der Waals surface area contributed by atoms with Gasteiger partial charge in [-0.15, -0.1) is 0 Å². The molecule has 0 spiro atoms. The minimum atomic E-state index is -0.401. The van der Waals surface area contributed by atoms with Gasteiger partial charge in [0, 0.05) is 11.8 Å². The molecule has 0 atom stereocenters. The normalized spacial score (nSPS) is 10.8. The highest BCUT2D eigenvalue weighted by Crippen LogP contribution is 2.24. The van der Waals surface area contributed by atoms with E-state index in [1.165, 1.54) is 6.20 Å². The zero-order valence-corrected chi connectivity index (χ0v) is 11.9. The first kappa shape index (κ1) is 13.3. The van der Waals surface area contributed by atoms with Crippen LogP contribution >= 0.6 is 0 Å². The van der Waals surface area contributed by atoms with Gasteiger partial charge in [0.15, 0.2) is 5.65 Å². The number of esters is 1. The first-order chi connectivity index (χ1) is 10.2. The molecule has 5 nitrogen and oxygen atoms in total. The maximum Gasteiger partial charge on any atom is 0.343 e. The van der Waals surface area contributed by atoms with Crippen molar-refractivity contribution in [1.29, 1.82) is 0 Å². The molecule has 21 heavy (non-hydrogen) atoms. The summed E-state index contributed by atoms with van der Waals surface area (Å²) in [7, 11) is 0. The van der Waals surface area contributed by atoms with Crippen LogP contribution in [0.4, 0.5) is 0 Å². The fourth-order valence-electron chi connectivity index (χ4n) is 2.31. The molecule has 106 valence electrons. The molecular formula is C16H15N3O2. The minimum Gasteiger partial charge on any atom is -0.462 e. The average molecular weight is 281 g/mol. The summed E-state index contributed by atoms with van der Waals surface area (Å²) < 4.78 is 6.71. The van der Waals surface area contributed by atoms with Gasteiger partial charge in [-0.1, -0.05) is 24.3 Å². The maximum atomic E-state index is 11.9. The number of aryl methyl sites for hydroxylation is 1. The van der Waals surface area contributed by atoms with E-state index in [0.717, 1.165) is 16.8 Å². The summed E-state index contributed by atoms with van der Waals surface area (Å²) in [6.07, 6.45) is 3.18. The highest BCUT2D eigenvalue weighted by molar-refractivity contribution is 5.96. The number of carbonyl (C=O) groups is 1. The highest BCUT2D eigenvalue weighted by Gasteiger charge is 2.17. The van der Waals surface area contributed by atoms with Crippen molar-refractivity contribution in [2.24, 2.45) is 0 Å². The molecule has 0 radical (unpaired) electrons. The number of benzene rings is 1. The molecule has 0 bridgehead atoms. The third-order valence-electron chi connectivity index (χ3n) is 3.32. The molecule has 3 rings (SSSR count). The summed E-state index contributed by atoms with van der Waals surface area (Å²) in [6, 6.07) is 9.92. The zero-order valence-electron chi connectivity index (χ0n) is 11.9.